The number of hydrogen-bond acceptors (Lipinski definition) is 2. The second kappa shape index (κ2) is 5.67. The molecule has 3 nitrogen and oxygen atoms in total. The molecular formula is C15H11F4NO2. The fraction of sp³-hybridized carbons (Fsp3) is 0.133. The first-order valence-electron chi connectivity index (χ1n) is 6.10. The zero-order valence-electron chi connectivity index (χ0n) is 11.4. The molecule has 0 saturated heterocycles. The molecule has 0 bridgehead atoms. The van der Waals surface area contributed by atoms with Gasteiger partial charge in [0, 0.05) is 5.56 Å². The van der Waals surface area contributed by atoms with Crippen molar-refractivity contribution in [1.82, 2.24) is 0 Å². The molecule has 22 heavy (non-hydrogen) atoms. The van der Waals surface area contributed by atoms with Gasteiger partial charge in [0.15, 0.2) is 0 Å². The van der Waals surface area contributed by atoms with Crippen molar-refractivity contribution >= 4 is 5.91 Å². The molecule has 7 heteroatoms. The highest BCUT2D eigenvalue weighted by Gasteiger charge is 2.40. The van der Waals surface area contributed by atoms with E-state index in [4.69, 9.17) is 5.73 Å². The molecule has 2 aromatic carbocycles. The van der Waals surface area contributed by atoms with Crippen molar-refractivity contribution in [3.05, 3.63) is 53.3 Å². The summed E-state index contributed by atoms with van der Waals surface area (Å²) in [6.07, 6.45) is -4.87. The summed E-state index contributed by atoms with van der Waals surface area (Å²) in [7, 11) is 1.00. The number of alkyl halides is 3. The lowest BCUT2D eigenvalue weighted by Crippen LogP contribution is -2.18. The number of rotatable bonds is 3. The smallest absolute Gasteiger partial charge is 0.420 e. The molecule has 0 saturated carbocycles. The van der Waals surface area contributed by atoms with Crippen LogP contribution in [0.5, 0.6) is 5.75 Å². The maximum Gasteiger partial charge on any atom is 0.420 e. The van der Waals surface area contributed by atoms with Crippen LogP contribution in [0.4, 0.5) is 17.6 Å². The highest BCUT2D eigenvalue weighted by Crippen LogP contribution is 2.45. The number of benzene rings is 2. The van der Waals surface area contributed by atoms with Crippen LogP contribution in [0.3, 0.4) is 0 Å². The molecular weight excluding hydrogens is 302 g/mol. The molecule has 2 N–H and O–H groups in total. The number of amides is 1. The molecule has 0 aromatic heterocycles. The van der Waals surface area contributed by atoms with Crippen LogP contribution in [-0.4, -0.2) is 13.0 Å². The van der Waals surface area contributed by atoms with Crippen LogP contribution >= 0.6 is 0 Å². The van der Waals surface area contributed by atoms with Gasteiger partial charge in [0.1, 0.15) is 17.1 Å². The Morgan fingerprint density at radius 1 is 1.18 bits per heavy atom. The third kappa shape index (κ3) is 2.74. The minimum atomic E-state index is -4.87. The fourth-order valence-corrected chi connectivity index (χ4v) is 2.13. The van der Waals surface area contributed by atoms with Crippen molar-refractivity contribution in [2.24, 2.45) is 5.73 Å². The third-order valence-electron chi connectivity index (χ3n) is 3.06. The topological polar surface area (TPSA) is 52.3 Å². The van der Waals surface area contributed by atoms with Gasteiger partial charge in [-0.25, -0.2) is 4.39 Å². The lowest BCUT2D eigenvalue weighted by Gasteiger charge is -2.19. The number of methoxy groups -OCH3 is 1. The van der Waals surface area contributed by atoms with Gasteiger partial charge < -0.3 is 10.5 Å². The van der Waals surface area contributed by atoms with Crippen LogP contribution in [-0.2, 0) is 6.18 Å². The lowest BCUT2D eigenvalue weighted by molar-refractivity contribution is -0.138. The summed E-state index contributed by atoms with van der Waals surface area (Å²) < 4.78 is 59.1. The molecule has 2 rings (SSSR count). The van der Waals surface area contributed by atoms with E-state index in [-0.39, 0.29) is 5.56 Å². The molecule has 0 radical (unpaired) electrons. The van der Waals surface area contributed by atoms with E-state index in [1.807, 2.05) is 0 Å². The maximum atomic E-state index is 14.5. The normalized spacial score (nSPS) is 11.3. The Kier molecular flexibility index (Phi) is 4.07. The summed E-state index contributed by atoms with van der Waals surface area (Å²) in [6.45, 7) is 0. The average Bonchev–Trinajstić information content (AvgIpc) is 2.46. The summed E-state index contributed by atoms with van der Waals surface area (Å²) >= 11 is 0. The van der Waals surface area contributed by atoms with Crippen molar-refractivity contribution < 1.29 is 27.1 Å². The first kappa shape index (κ1) is 15.8. The first-order chi connectivity index (χ1) is 10.3. The van der Waals surface area contributed by atoms with Crippen molar-refractivity contribution in [2.45, 2.75) is 6.18 Å². The zero-order chi connectivity index (χ0) is 16.5. The number of ether oxygens (including phenoxy) is 1. The quantitative estimate of drug-likeness (QED) is 0.880. The van der Waals surface area contributed by atoms with Gasteiger partial charge in [0.2, 0.25) is 0 Å². The molecule has 1 amide bonds. The second-order valence-electron chi connectivity index (χ2n) is 4.42. The first-order valence-corrected chi connectivity index (χ1v) is 6.10. The van der Waals surface area contributed by atoms with E-state index in [0.717, 1.165) is 7.11 Å². The highest BCUT2D eigenvalue weighted by molar-refractivity contribution is 5.96. The molecule has 0 aliphatic carbocycles. The number of halogens is 4. The van der Waals surface area contributed by atoms with E-state index in [9.17, 15) is 22.4 Å². The van der Waals surface area contributed by atoms with Gasteiger partial charge in [-0.3, -0.25) is 4.79 Å². The Labute approximate surface area is 123 Å². The van der Waals surface area contributed by atoms with E-state index >= 15 is 0 Å². The van der Waals surface area contributed by atoms with Gasteiger partial charge in [0.05, 0.1) is 12.7 Å². The van der Waals surface area contributed by atoms with Crippen molar-refractivity contribution in [1.29, 1.82) is 0 Å². The van der Waals surface area contributed by atoms with E-state index in [1.54, 1.807) is 6.07 Å². The van der Waals surface area contributed by atoms with Crippen molar-refractivity contribution in [3.8, 4) is 16.9 Å². The van der Waals surface area contributed by atoms with Gasteiger partial charge >= 0.3 is 6.18 Å². The van der Waals surface area contributed by atoms with Gasteiger partial charge in [-0.05, 0) is 11.6 Å². The SMILES string of the molecule is COc1cc(C(N)=O)c(F)c(-c2ccccc2)c1C(F)(F)F. The summed E-state index contributed by atoms with van der Waals surface area (Å²) in [4.78, 5) is 11.3. The van der Waals surface area contributed by atoms with Crippen LogP contribution in [0.1, 0.15) is 15.9 Å². The third-order valence-corrected chi connectivity index (χ3v) is 3.06. The molecule has 0 spiro atoms. The number of primary amides is 1. The fourth-order valence-electron chi connectivity index (χ4n) is 2.13. The Balaban J connectivity index is 2.94. The molecule has 0 aliphatic rings. The van der Waals surface area contributed by atoms with E-state index < -0.39 is 40.3 Å². The van der Waals surface area contributed by atoms with Crippen LogP contribution in [0.25, 0.3) is 11.1 Å². The van der Waals surface area contributed by atoms with Crippen LogP contribution < -0.4 is 10.5 Å². The predicted molar refractivity (Wildman–Crippen MR) is 71.9 cm³/mol. The summed E-state index contributed by atoms with van der Waals surface area (Å²) in [5.41, 5.74) is 2.28. The van der Waals surface area contributed by atoms with E-state index in [1.165, 1.54) is 24.3 Å². The molecule has 0 heterocycles. The predicted octanol–water partition coefficient (Wildman–Crippen LogP) is 3.62. The molecule has 0 aliphatic heterocycles. The molecule has 2 aromatic rings. The van der Waals surface area contributed by atoms with Crippen LogP contribution in [0.15, 0.2) is 36.4 Å². The summed E-state index contributed by atoms with van der Waals surface area (Å²) in [5, 5.41) is 0. The average molecular weight is 313 g/mol. The minimum absolute atomic E-state index is 0.0336. The monoisotopic (exact) mass is 313 g/mol. The molecule has 0 fully saturated rings. The molecule has 116 valence electrons. The highest BCUT2D eigenvalue weighted by atomic mass is 19.4. The van der Waals surface area contributed by atoms with Crippen LogP contribution in [0.2, 0.25) is 0 Å². The Morgan fingerprint density at radius 3 is 2.23 bits per heavy atom. The molecule has 0 unspecified atom stereocenters. The number of carbonyl (C=O) groups excluding carboxylic acids is 1. The van der Waals surface area contributed by atoms with Crippen molar-refractivity contribution in [2.75, 3.05) is 7.11 Å². The van der Waals surface area contributed by atoms with Gasteiger partial charge in [-0.1, -0.05) is 30.3 Å². The lowest BCUT2D eigenvalue weighted by atomic mass is 9.94. The van der Waals surface area contributed by atoms with Gasteiger partial charge in [0.25, 0.3) is 5.91 Å². The summed E-state index contributed by atoms with van der Waals surface area (Å²) in [6, 6.07) is 7.75. The summed E-state index contributed by atoms with van der Waals surface area (Å²) in [5.74, 6) is -3.17. The van der Waals surface area contributed by atoms with E-state index in [0.29, 0.717) is 6.07 Å². The number of hydrogen-bond donors (Lipinski definition) is 1. The maximum absolute atomic E-state index is 14.5. The van der Waals surface area contributed by atoms with Gasteiger partial charge in [-0.15, -0.1) is 0 Å². The minimum Gasteiger partial charge on any atom is -0.496 e. The zero-order valence-corrected chi connectivity index (χ0v) is 11.4. The standard InChI is InChI=1S/C15H11F4NO2/c1-22-10-7-9(14(20)21)13(16)11(12(10)15(17,18)19)8-5-3-2-4-6-8/h2-7H,1H3,(H2,20,21). The Bertz CT molecular complexity index is 712. The number of nitrogens with two attached hydrogens (primary N) is 1. The Hall–Kier alpha value is -2.57. The van der Waals surface area contributed by atoms with Gasteiger partial charge in [-0.2, -0.15) is 13.2 Å². The van der Waals surface area contributed by atoms with Crippen LogP contribution in [0, 0.1) is 5.82 Å². The largest absolute Gasteiger partial charge is 0.496 e. The van der Waals surface area contributed by atoms with E-state index in [2.05, 4.69) is 4.74 Å². The van der Waals surface area contributed by atoms with Crippen molar-refractivity contribution in [3.63, 3.8) is 0 Å². The molecule has 0 atom stereocenters. The second-order valence-corrected chi connectivity index (χ2v) is 4.42. The number of carbonyl (C=O) groups is 1. The Morgan fingerprint density at radius 2 is 1.77 bits per heavy atom.